The summed E-state index contributed by atoms with van der Waals surface area (Å²) < 4.78 is 11.0. The number of carbonyl (C=O) groups is 2. The Kier molecular flexibility index (Phi) is 5.30. The Morgan fingerprint density at radius 2 is 1.82 bits per heavy atom. The first kappa shape index (κ1) is 19.0. The van der Waals surface area contributed by atoms with Crippen LogP contribution in [0, 0.1) is 0 Å². The predicted molar refractivity (Wildman–Crippen MR) is 105 cm³/mol. The molecule has 3 aromatic rings. The van der Waals surface area contributed by atoms with Gasteiger partial charge >= 0.3 is 0 Å². The van der Waals surface area contributed by atoms with Crippen LogP contribution in [0.2, 0.25) is 0 Å². The number of rotatable bonds is 6. The van der Waals surface area contributed by atoms with Gasteiger partial charge in [0.05, 0.1) is 13.3 Å². The second-order valence-corrected chi connectivity index (χ2v) is 6.25. The number of nitrogens with two attached hydrogens (primary N) is 1. The van der Waals surface area contributed by atoms with Gasteiger partial charge in [0.15, 0.2) is 5.76 Å². The summed E-state index contributed by atoms with van der Waals surface area (Å²) in [4.78, 5) is 29.1. The number of methoxy groups -OCH3 is 1. The third-order valence-corrected chi connectivity index (χ3v) is 4.01. The zero-order chi connectivity index (χ0) is 20.3. The Labute approximate surface area is 161 Å². The standard InChI is InChI=1S/C20H20N4O4/c1-24(2)19(26)14-8-15(10-16(9-14)27-3)23-20-22-11-17(28-20)12-4-6-13(7-5-12)18(21)25/h4-11H,1-3H3,(H2,21,25)(H,22,23). The van der Waals surface area contributed by atoms with E-state index in [9.17, 15) is 9.59 Å². The molecule has 1 aromatic heterocycles. The van der Waals surface area contributed by atoms with Crippen LogP contribution in [-0.4, -0.2) is 42.9 Å². The summed E-state index contributed by atoms with van der Waals surface area (Å²) >= 11 is 0. The molecule has 8 heteroatoms. The summed E-state index contributed by atoms with van der Waals surface area (Å²) in [6.45, 7) is 0. The first-order valence-corrected chi connectivity index (χ1v) is 8.41. The fourth-order valence-corrected chi connectivity index (χ4v) is 2.56. The van der Waals surface area contributed by atoms with E-state index in [1.807, 2.05) is 0 Å². The largest absolute Gasteiger partial charge is 0.497 e. The van der Waals surface area contributed by atoms with Gasteiger partial charge in [0.25, 0.3) is 11.9 Å². The van der Waals surface area contributed by atoms with Crippen LogP contribution in [-0.2, 0) is 0 Å². The summed E-state index contributed by atoms with van der Waals surface area (Å²) in [5, 5.41) is 3.03. The highest BCUT2D eigenvalue weighted by atomic mass is 16.5. The first-order chi connectivity index (χ1) is 13.4. The molecule has 3 N–H and O–H groups in total. The van der Waals surface area contributed by atoms with Gasteiger partial charge in [-0.15, -0.1) is 0 Å². The molecular formula is C20H20N4O4. The SMILES string of the molecule is COc1cc(Nc2ncc(-c3ccc(C(N)=O)cc3)o2)cc(C(=O)N(C)C)c1. The van der Waals surface area contributed by atoms with Gasteiger partial charge in [-0.25, -0.2) is 4.98 Å². The second kappa shape index (κ2) is 7.83. The van der Waals surface area contributed by atoms with Crippen LogP contribution in [0.1, 0.15) is 20.7 Å². The van der Waals surface area contributed by atoms with Crippen molar-refractivity contribution in [1.82, 2.24) is 9.88 Å². The molecule has 0 bridgehead atoms. The highest BCUT2D eigenvalue weighted by molar-refractivity contribution is 5.95. The number of hydrogen-bond donors (Lipinski definition) is 2. The number of primary amides is 1. The number of hydrogen-bond acceptors (Lipinski definition) is 6. The molecule has 0 unspecified atom stereocenters. The number of nitrogens with zero attached hydrogens (tertiary/aromatic N) is 2. The lowest BCUT2D eigenvalue weighted by molar-refractivity contribution is 0.0827. The monoisotopic (exact) mass is 380 g/mol. The third kappa shape index (κ3) is 4.12. The average molecular weight is 380 g/mol. The summed E-state index contributed by atoms with van der Waals surface area (Å²) in [6.07, 6.45) is 1.56. The first-order valence-electron chi connectivity index (χ1n) is 8.41. The molecule has 3 rings (SSSR count). The Hall–Kier alpha value is -3.81. The molecule has 0 spiro atoms. The molecule has 2 amide bonds. The lowest BCUT2D eigenvalue weighted by atomic mass is 10.1. The van der Waals surface area contributed by atoms with Gasteiger partial charge in [0.1, 0.15) is 5.75 Å². The summed E-state index contributed by atoms with van der Waals surface area (Å²) in [5.74, 6) is 0.409. The topological polar surface area (TPSA) is 111 Å². The van der Waals surface area contributed by atoms with E-state index < -0.39 is 5.91 Å². The van der Waals surface area contributed by atoms with Crippen molar-refractivity contribution in [3.05, 3.63) is 59.8 Å². The van der Waals surface area contributed by atoms with E-state index in [-0.39, 0.29) is 11.9 Å². The van der Waals surface area contributed by atoms with Crippen molar-refractivity contribution in [2.75, 3.05) is 26.5 Å². The predicted octanol–water partition coefficient (Wildman–Crippen LogP) is 2.89. The number of anilines is 2. The highest BCUT2D eigenvalue weighted by Gasteiger charge is 2.13. The van der Waals surface area contributed by atoms with E-state index in [4.69, 9.17) is 14.9 Å². The maximum absolute atomic E-state index is 12.3. The number of benzene rings is 2. The molecule has 0 aliphatic rings. The van der Waals surface area contributed by atoms with Crippen molar-refractivity contribution in [1.29, 1.82) is 0 Å². The zero-order valence-corrected chi connectivity index (χ0v) is 15.7. The second-order valence-electron chi connectivity index (χ2n) is 6.25. The molecule has 28 heavy (non-hydrogen) atoms. The van der Waals surface area contributed by atoms with Gasteiger partial charge in [0.2, 0.25) is 5.91 Å². The summed E-state index contributed by atoms with van der Waals surface area (Å²) in [7, 11) is 4.89. The van der Waals surface area contributed by atoms with Gasteiger partial charge in [-0.05, 0) is 24.3 Å². The Morgan fingerprint density at radius 3 is 2.43 bits per heavy atom. The Balaban J connectivity index is 1.84. The molecule has 144 valence electrons. The molecule has 0 aliphatic heterocycles. The number of nitrogens with one attached hydrogen (secondary N) is 1. The third-order valence-electron chi connectivity index (χ3n) is 4.01. The van der Waals surface area contributed by atoms with Crippen molar-refractivity contribution in [3.8, 4) is 17.1 Å². The molecule has 2 aromatic carbocycles. The van der Waals surface area contributed by atoms with Crippen molar-refractivity contribution < 1.29 is 18.7 Å². The van der Waals surface area contributed by atoms with E-state index in [1.165, 1.54) is 12.0 Å². The van der Waals surface area contributed by atoms with Gasteiger partial charge in [-0.1, -0.05) is 12.1 Å². The van der Waals surface area contributed by atoms with Crippen LogP contribution in [0.15, 0.2) is 53.1 Å². The number of amides is 2. The molecule has 1 heterocycles. The molecule has 0 saturated heterocycles. The zero-order valence-electron chi connectivity index (χ0n) is 15.7. The summed E-state index contributed by atoms with van der Waals surface area (Å²) in [6, 6.07) is 12.0. The quantitative estimate of drug-likeness (QED) is 0.680. The maximum atomic E-state index is 12.3. The number of aromatic nitrogens is 1. The van der Waals surface area contributed by atoms with Gasteiger partial charge in [0, 0.05) is 42.5 Å². The molecule has 0 atom stereocenters. The van der Waals surface area contributed by atoms with Crippen molar-refractivity contribution in [3.63, 3.8) is 0 Å². The summed E-state index contributed by atoms with van der Waals surface area (Å²) in [5.41, 5.74) is 7.48. The van der Waals surface area contributed by atoms with Crippen LogP contribution >= 0.6 is 0 Å². The van der Waals surface area contributed by atoms with Crippen LogP contribution in [0.3, 0.4) is 0 Å². The van der Waals surface area contributed by atoms with E-state index >= 15 is 0 Å². The van der Waals surface area contributed by atoms with E-state index in [0.717, 1.165) is 5.56 Å². The molecule has 0 radical (unpaired) electrons. The van der Waals surface area contributed by atoms with E-state index in [1.54, 1.807) is 62.8 Å². The van der Waals surface area contributed by atoms with Crippen LogP contribution in [0.25, 0.3) is 11.3 Å². The van der Waals surface area contributed by atoms with Crippen LogP contribution in [0.4, 0.5) is 11.7 Å². The van der Waals surface area contributed by atoms with Crippen molar-refractivity contribution >= 4 is 23.5 Å². The van der Waals surface area contributed by atoms with Crippen molar-refractivity contribution in [2.24, 2.45) is 5.73 Å². The molecule has 0 saturated carbocycles. The smallest absolute Gasteiger partial charge is 0.299 e. The lowest BCUT2D eigenvalue weighted by Crippen LogP contribution is -2.21. The van der Waals surface area contributed by atoms with Crippen molar-refractivity contribution in [2.45, 2.75) is 0 Å². The van der Waals surface area contributed by atoms with Gasteiger partial charge < -0.3 is 25.1 Å². The minimum absolute atomic E-state index is 0.149. The number of oxazole rings is 1. The molecule has 0 aliphatic carbocycles. The average Bonchev–Trinajstić information content (AvgIpc) is 3.15. The Morgan fingerprint density at radius 1 is 1.11 bits per heavy atom. The number of carbonyl (C=O) groups excluding carboxylic acids is 2. The number of ether oxygens (including phenoxy) is 1. The lowest BCUT2D eigenvalue weighted by Gasteiger charge is -2.13. The van der Waals surface area contributed by atoms with Crippen LogP contribution < -0.4 is 15.8 Å². The minimum Gasteiger partial charge on any atom is -0.497 e. The fraction of sp³-hybridized carbons (Fsp3) is 0.150. The molecule has 8 nitrogen and oxygen atoms in total. The highest BCUT2D eigenvalue weighted by Crippen LogP contribution is 2.27. The van der Waals surface area contributed by atoms with Crippen LogP contribution in [0.5, 0.6) is 5.75 Å². The molecule has 0 fully saturated rings. The fourth-order valence-electron chi connectivity index (χ4n) is 2.56. The molecular weight excluding hydrogens is 360 g/mol. The van der Waals surface area contributed by atoms with Gasteiger partial charge in [-0.3, -0.25) is 9.59 Å². The van der Waals surface area contributed by atoms with E-state index in [2.05, 4.69) is 10.3 Å². The Bertz CT molecular complexity index is 1010. The minimum atomic E-state index is -0.493. The van der Waals surface area contributed by atoms with E-state index in [0.29, 0.717) is 28.3 Å². The van der Waals surface area contributed by atoms with Gasteiger partial charge in [-0.2, -0.15) is 0 Å². The maximum Gasteiger partial charge on any atom is 0.299 e. The normalized spacial score (nSPS) is 10.4.